The number of benzene rings is 2. The fourth-order valence-corrected chi connectivity index (χ4v) is 2.54. The SMILES string of the molecule is CCOC(=O)C1C(=O)c2ccccc2N=C1c1ccccc1. The molecular formula is C18H15NO3. The van der Waals surface area contributed by atoms with Crippen molar-refractivity contribution in [2.75, 3.05) is 6.61 Å². The van der Waals surface area contributed by atoms with Crippen molar-refractivity contribution in [2.24, 2.45) is 10.9 Å². The van der Waals surface area contributed by atoms with E-state index in [4.69, 9.17) is 4.74 Å². The third-order valence-corrected chi connectivity index (χ3v) is 3.54. The molecule has 4 heteroatoms. The number of hydrogen-bond acceptors (Lipinski definition) is 4. The van der Waals surface area contributed by atoms with Gasteiger partial charge >= 0.3 is 5.97 Å². The predicted octanol–water partition coefficient (Wildman–Crippen LogP) is 3.18. The van der Waals surface area contributed by atoms with Crippen molar-refractivity contribution in [2.45, 2.75) is 6.92 Å². The van der Waals surface area contributed by atoms with Crippen molar-refractivity contribution in [3.8, 4) is 0 Å². The van der Waals surface area contributed by atoms with E-state index < -0.39 is 11.9 Å². The molecule has 1 aliphatic heterocycles. The van der Waals surface area contributed by atoms with Gasteiger partial charge in [0.25, 0.3) is 0 Å². The van der Waals surface area contributed by atoms with Gasteiger partial charge in [-0.15, -0.1) is 0 Å². The number of para-hydroxylation sites is 1. The van der Waals surface area contributed by atoms with Gasteiger partial charge in [0.05, 0.1) is 18.0 Å². The van der Waals surface area contributed by atoms with Crippen LogP contribution < -0.4 is 0 Å². The number of ether oxygens (including phenoxy) is 1. The first-order valence-corrected chi connectivity index (χ1v) is 7.16. The number of carbonyl (C=O) groups excluding carboxylic acids is 2. The molecule has 0 bridgehead atoms. The van der Waals surface area contributed by atoms with Crippen molar-refractivity contribution in [3.63, 3.8) is 0 Å². The summed E-state index contributed by atoms with van der Waals surface area (Å²) < 4.78 is 5.08. The molecule has 0 aromatic heterocycles. The monoisotopic (exact) mass is 293 g/mol. The van der Waals surface area contributed by atoms with Gasteiger partial charge in [-0.05, 0) is 24.6 Å². The molecule has 0 radical (unpaired) electrons. The van der Waals surface area contributed by atoms with Crippen LogP contribution in [0.4, 0.5) is 5.69 Å². The number of Topliss-reactive ketones (excluding diaryl/α,β-unsaturated/α-hetero) is 1. The minimum Gasteiger partial charge on any atom is -0.465 e. The summed E-state index contributed by atoms with van der Waals surface area (Å²) in [6.45, 7) is 1.95. The summed E-state index contributed by atoms with van der Waals surface area (Å²) in [4.78, 5) is 29.6. The molecule has 2 aromatic rings. The van der Waals surface area contributed by atoms with Gasteiger partial charge in [-0.3, -0.25) is 14.6 Å². The number of rotatable bonds is 3. The van der Waals surface area contributed by atoms with Crippen LogP contribution in [0.15, 0.2) is 59.6 Å². The molecule has 1 aliphatic rings. The Bertz CT molecular complexity index is 750. The normalized spacial score (nSPS) is 16.7. The largest absolute Gasteiger partial charge is 0.465 e. The summed E-state index contributed by atoms with van der Waals surface area (Å²) in [6.07, 6.45) is 0. The standard InChI is InChI=1S/C18H15NO3/c1-2-22-18(21)15-16(12-8-4-3-5-9-12)19-14-11-7-6-10-13(14)17(15)20/h3-11,15H,2H2,1H3. The van der Waals surface area contributed by atoms with Crippen molar-refractivity contribution in [1.82, 2.24) is 0 Å². The first-order chi connectivity index (χ1) is 10.7. The zero-order valence-corrected chi connectivity index (χ0v) is 12.2. The maximum atomic E-state index is 12.7. The molecule has 0 spiro atoms. The molecule has 3 rings (SSSR count). The molecule has 1 heterocycles. The van der Waals surface area contributed by atoms with Crippen LogP contribution in [0.3, 0.4) is 0 Å². The lowest BCUT2D eigenvalue weighted by Gasteiger charge is -2.22. The lowest BCUT2D eigenvalue weighted by Crippen LogP contribution is -2.36. The lowest BCUT2D eigenvalue weighted by atomic mass is 9.86. The van der Waals surface area contributed by atoms with E-state index in [1.54, 1.807) is 25.1 Å². The number of esters is 1. The molecule has 0 saturated heterocycles. The van der Waals surface area contributed by atoms with E-state index in [1.165, 1.54) is 0 Å². The van der Waals surface area contributed by atoms with Crippen LogP contribution in [-0.4, -0.2) is 24.1 Å². The Morgan fingerprint density at radius 2 is 1.77 bits per heavy atom. The number of nitrogens with zero attached hydrogens (tertiary/aromatic N) is 1. The van der Waals surface area contributed by atoms with Crippen LogP contribution >= 0.6 is 0 Å². The smallest absolute Gasteiger partial charge is 0.323 e. The third kappa shape index (κ3) is 2.44. The Morgan fingerprint density at radius 1 is 1.09 bits per heavy atom. The van der Waals surface area contributed by atoms with Gasteiger partial charge in [0.1, 0.15) is 0 Å². The third-order valence-electron chi connectivity index (χ3n) is 3.54. The average molecular weight is 293 g/mol. The number of ketones is 1. The molecule has 0 saturated carbocycles. The second kappa shape index (κ2) is 5.93. The van der Waals surface area contributed by atoms with Crippen LogP contribution in [0.25, 0.3) is 0 Å². The summed E-state index contributed by atoms with van der Waals surface area (Å²) in [5.74, 6) is -1.82. The van der Waals surface area contributed by atoms with E-state index in [2.05, 4.69) is 4.99 Å². The van der Waals surface area contributed by atoms with E-state index in [-0.39, 0.29) is 12.4 Å². The summed E-state index contributed by atoms with van der Waals surface area (Å²) in [7, 11) is 0. The van der Waals surface area contributed by atoms with Crippen molar-refractivity contribution < 1.29 is 14.3 Å². The summed E-state index contributed by atoms with van der Waals surface area (Å²) in [6, 6.07) is 16.3. The molecule has 0 amide bonds. The average Bonchev–Trinajstić information content (AvgIpc) is 2.55. The molecule has 1 atom stereocenters. The first-order valence-electron chi connectivity index (χ1n) is 7.16. The van der Waals surface area contributed by atoms with Gasteiger partial charge in [-0.25, -0.2) is 0 Å². The summed E-state index contributed by atoms with van der Waals surface area (Å²) >= 11 is 0. The lowest BCUT2D eigenvalue weighted by molar-refractivity contribution is -0.144. The zero-order valence-electron chi connectivity index (χ0n) is 12.2. The van der Waals surface area contributed by atoms with Crippen molar-refractivity contribution in [1.29, 1.82) is 0 Å². The highest BCUT2D eigenvalue weighted by Gasteiger charge is 2.38. The Balaban J connectivity index is 2.15. The molecule has 0 N–H and O–H groups in total. The zero-order chi connectivity index (χ0) is 15.5. The minimum atomic E-state index is -1.00. The topological polar surface area (TPSA) is 55.7 Å². The Morgan fingerprint density at radius 3 is 2.50 bits per heavy atom. The first kappa shape index (κ1) is 14.2. The quantitative estimate of drug-likeness (QED) is 0.645. The van der Waals surface area contributed by atoms with Gasteiger partial charge in [-0.1, -0.05) is 42.5 Å². The van der Waals surface area contributed by atoms with E-state index in [9.17, 15) is 9.59 Å². The Labute approximate surface area is 128 Å². The van der Waals surface area contributed by atoms with E-state index in [1.807, 2.05) is 36.4 Å². The van der Waals surface area contributed by atoms with Gasteiger partial charge in [-0.2, -0.15) is 0 Å². The maximum absolute atomic E-state index is 12.7. The highest BCUT2D eigenvalue weighted by Crippen LogP contribution is 2.31. The number of fused-ring (bicyclic) bond motifs is 1. The fourth-order valence-electron chi connectivity index (χ4n) is 2.54. The molecule has 0 aliphatic carbocycles. The number of aliphatic imine (C=N–C) groups is 1. The van der Waals surface area contributed by atoms with Crippen LogP contribution in [0, 0.1) is 5.92 Å². The van der Waals surface area contributed by atoms with Gasteiger partial charge in [0.15, 0.2) is 11.7 Å². The molecule has 110 valence electrons. The van der Waals surface area contributed by atoms with Gasteiger partial charge < -0.3 is 4.74 Å². The second-order valence-electron chi connectivity index (χ2n) is 4.93. The van der Waals surface area contributed by atoms with Crippen LogP contribution in [0.1, 0.15) is 22.8 Å². The van der Waals surface area contributed by atoms with Crippen LogP contribution in [0.5, 0.6) is 0 Å². The molecule has 1 unspecified atom stereocenters. The Hall–Kier alpha value is -2.75. The van der Waals surface area contributed by atoms with Crippen LogP contribution in [0.2, 0.25) is 0 Å². The molecular weight excluding hydrogens is 278 g/mol. The molecule has 4 nitrogen and oxygen atoms in total. The molecule has 22 heavy (non-hydrogen) atoms. The second-order valence-corrected chi connectivity index (χ2v) is 4.93. The summed E-state index contributed by atoms with van der Waals surface area (Å²) in [5, 5.41) is 0. The van der Waals surface area contributed by atoms with Crippen molar-refractivity contribution in [3.05, 3.63) is 65.7 Å². The predicted molar refractivity (Wildman–Crippen MR) is 83.5 cm³/mol. The fraction of sp³-hybridized carbons (Fsp3) is 0.167. The number of hydrogen-bond donors (Lipinski definition) is 0. The maximum Gasteiger partial charge on any atom is 0.323 e. The van der Waals surface area contributed by atoms with E-state index in [0.29, 0.717) is 17.0 Å². The van der Waals surface area contributed by atoms with Gasteiger partial charge in [0.2, 0.25) is 0 Å². The summed E-state index contributed by atoms with van der Waals surface area (Å²) in [5.41, 5.74) is 2.25. The van der Waals surface area contributed by atoms with Crippen molar-refractivity contribution >= 4 is 23.2 Å². The van der Waals surface area contributed by atoms with Crippen LogP contribution in [-0.2, 0) is 9.53 Å². The number of carbonyl (C=O) groups is 2. The highest BCUT2D eigenvalue weighted by atomic mass is 16.5. The Kier molecular flexibility index (Phi) is 3.83. The van der Waals surface area contributed by atoms with E-state index in [0.717, 1.165) is 5.56 Å². The molecule has 0 fully saturated rings. The van der Waals surface area contributed by atoms with E-state index >= 15 is 0 Å². The minimum absolute atomic E-state index is 0.229. The highest BCUT2D eigenvalue weighted by molar-refractivity contribution is 6.31. The van der Waals surface area contributed by atoms with Gasteiger partial charge in [0, 0.05) is 5.56 Å². The molecule has 2 aromatic carbocycles.